The van der Waals surface area contributed by atoms with Gasteiger partial charge >= 0.3 is 5.97 Å². The number of rotatable bonds is 49. The fourth-order valence-electron chi connectivity index (χ4n) is 7.46. The molecule has 0 heterocycles. The number of carbonyl (C=O) groups excluding carboxylic acids is 1. The van der Waals surface area contributed by atoms with Gasteiger partial charge in [0.05, 0.1) is 34.4 Å². The van der Waals surface area contributed by atoms with E-state index < -0.39 is 13.9 Å². The lowest BCUT2D eigenvalue weighted by Crippen LogP contribution is -2.37. The SMILES string of the molecule is CCCCCCC/C=C\C/C=C\CCCCCCCCCCCC(=O)OC(COCCCCCCCCCCCCCCCCCCCC)COP(=O)([O-])OCC[N+](C)(C)C. The number of unbranched alkanes of at least 4 members (excludes halogenated alkanes) is 31. The van der Waals surface area contributed by atoms with E-state index in [-0.39, 0.29) is 25.8 Å². The highest BCUT2D eigenvalue weighted by atomic mass is 31.2. The molecule has 0 rings (SSSR count). The number of nitrogens with zero attached hydrogens (tertiary/aromatic N) is 1. The van der Waals surface area contributed by atoms with Crippen LogP contribution in [0.2, 0.25) is 0 Å². The number of allylic oxidation sites excluding steroid dienone is 4. The third kappa shape index (κ3) is 49.8. The van der Waals surface area contributed by atoms with E-state index >= 15 is 0 Å². The molecular formula is C52H102NO7P. The number of phosphoric acid groups is 1. The van der Waals surface area contributed by atoms with Crippen LogP contribution in [-0.4, -0.2) is 70.7 Å². The van der Waals surface area contributed by atoms with Gasteiger partial charge in [0.25, 0.3) is 7.82 Å². The zero-order valence-corrected chi connectivity index (χ0v) is 42.0. The first-order valence-electron chi connectivity index (χ1n) is 26.1. The van der Waals surface area contributed by atoms with Gasteiger partial charge in [-0.3, -0.25) is 9.36 Å². The number of carbonyl (C=O) groups is 1. The van der Waals surface area contributed by atoms with Crippen LogP contribution in [0.4, 0.5) is 0 Å². The van der Waals surface area contributed by atoms with Crippen LogP contribution >= 0.6 is 7.82 Å². The molecule has 0 spiro atoms. The van der Waals surface area contributed by atoms with Gasteiger partial charge in [-0.1, -0.05) is 218 Å². The number of quaternary nitrogens is 1. The lowest BCUT2D eigenvalue weighted by molar-refractivity contribution is -0.870. The predicted molar refractivity (Wildman–Crippen MR) is 259 cm³/mol. The molecule has 0 saturated carbocycles. The van der Waals surface area contributed by atoms with Crippen LogP contribution in [0.1, 0.15) is 245 Å². The third-order valence-corrected chi connectivity index (χ3v) is 12.5. The monoisotopic (exact) mass is 884 g/mol. The quantitative estimate of drug-likeness (QED) is 0.0197. The second-order valence-electron chi connectivity index (χ2n) is 18.9. The molecule has 61 heavy (non-hydrogen) atoms. The smallest absolute Gasteiger partial charge is 0.306 e. The van der Waals surface area contributed by atoms with E-state index in [1.54, 1.807) is 0 Å². The van der Waals surface area contributed by atoms with E-state index in [0.717, 1.165) is 38.5 Å². The van der Waals surface area contributed by atoms with Gasteiger partial charge in [0.1, 0.15) is 19.3 Å². The molecule has 0 aliphatic rings. The highest BCUT2D eigenvalue weighted by molar-refractivity contribution is 7.45. The van der Waals surface area contributed by atoms with Crippen molar-refractivity contribution in [1.29, 1.82) is 0 Å². The van der Waals surface area contributed by atoms with E-state index in [4.69, 9.17) is 18.5 Å². The molecule has 0 N–H and O–H groups in total. The maximum atomic E-state index is 12.7. The van der Waals surface area contributed by atoms with Crippen molar-refractivity contribution in [3.63, 3.8) is 0 Å². The van der Waals surface area contributed by atoms with Crippen molar-refractivity contribution < 1.29 is 37.3 Å². The lowest BCUT2D eigenvalue weighted by Gasteiger charge is -2.28. The Hall–Kier alpha value is -1.02. The number of esters is 1. The van der Waals surface area contributed by atoms with E-state index in [1.165, 1.54) is 186 Å². The lowest BCUT2D eigenvalue weighted by atomic mass is 10.0. The molecule has 0 aromatic heterocycles. The van der Waals surface area contributed by atoms with E-state index in [0.29, 0.717) is 24.1 Å². The minimum absolute atomic E-state index is 0.0276. The molecule has 0 fully saturated rings. The maximum Gasteiger partial charge on any atom is 0.306 e. The van der Waals surface area contributed by atoms with Gasteiger partial charge in [-0.05, 0) is 44.9 Å². The zero-order valence-electron chi connectivity index (χ0n) is 41.1. The normalized spacial score (nSPS) is 13.7. The number of hydrogen-bond donors (Lipinski definition) is 0. The minimum Gasteiger partial charge on any atom is -0.756 e. The van der Waals surface area contributed by atoms with Crippen molar-refractivity contribution in [1.82, 2.24) is 0 Å². The summed E-state index contributed by atoms with van der Waals surface area (Å²) in [5, 5.41) is 0. The van der Waals surface area contributed by atoms with Gasteiger partial charge in [0.15, 0.2) is 0 Å². The number of phosphoric ester groups is 1. The maximum absolute atomic E-state index is 12.7. The standard InChI is InChI=1S/C52H102NO7P/c1-6-8-10-12-14-16-18-20-22-24-26-27-28-29-31-33-35-37-39-41-43-45-52(54)60-51(50-59-61(55,56)58-48-46-53(3,4)5)49-57-47-44-42-40-38-36-34-32-30-25-23-21-19-17-15-13-11-9-7-2/h18,20,24,26,51H,6-17,19,21-23,25,27-50H2,1-5H3/b20-18-,26-24-. The van der Waals surface area contributed by atoms with Gasteiger partial charge in [-0.15, -0.1) is 0 Å². The summed E-state index contributed by atoms with van der Waals surface area (Å²) in [4.78, 5) is 25.2. The molecule has 0 aliphatic carbocycles. The summed E-state index contributed by atoms with van der Waals surface area (Å²) in [5.41, 5.74) is 0. The molecule has 0 bridgehead atoms. The third-order valence-electron chi connectivity index (χ3n) is 11.5. The molecule has 9 heteroatoms. The van der Waals surface area contributed by atoms with Crippen molar-refractivity contribution in [2.24, 2.45) is 0 Å². The molecular weight excluding hydrogens is 782 g/mol. The Kier molecular flexibility index (Phi) is 44.8. The topological polar surface area (TPSA) is 94.1 Å². The molecule has 0 amide bonds. The highest BCUT2D eigenvalue weighted by Crippen LogP contribution is 2.38. The molecule has 362 valence electrons. The fraction of sp³-hybridized carbons (Fsp3) is 0.904. The Morgan fingerprint density at radius 3 is 1.33 bits per heavy atom. The van der Waals surface area contributed by atoms with Gasteiger partial charge < -0.3 is 27.9 Å². The van der Waals surface area contributed by atoms with Crippen molar-refractivity contribution in [3.05, 3.63) is 24.3 Å². The van der Waals surface area contributed by atoms with E-state index in [2.05, 4.69) is 38.2 Å². The van der Waals surface area contributed by atoms with Crippen LogP contribution in [0.25, 0.3) is 0 Å². The molecule has 0 aromatic rings. The van der Waals surface area contributed by atoms with E-state index in [1.807, 2.05) is 21.1 Å². The zero-order chi connectivity index (χ0) is 44.8. The molecule has 0 radical (unpaired) electrons. The second kappa shape index (κ2) is 45.5. The first-order chi connectivity index (χ1) is 29.6. The van der Waals surface area contributed by atoms with Crippen molar-refractivity contribution >= 4 is 13.8 Å². The summed E-state index contributed by atoms with van der Waals surface area (Å²) in [7, 11) is 1.37. The summed E-state index contributed by atoms with van der Waals surface area (Å²) in [5.74, 6) is -0.333. The highest BCUT2D eigenvalue weighted by Gasteiger charge is 2.20. The average Bonchev–Trinajstić information content (AvgIpc) is 3.22. The van der Waals surface area contributed by atoms with Gasteiger partial charge in [0.2, 0.25) is 0 Å². The molecule has 8 nitrogen and oxygen atoms in total. The summed E-state index contributed by atoms with van der Waals surface area (Å²) in [6.45, 7) is 5.45. The van der Waals surface area contributed by atoms with Gasteiger partial charge in [0, 0.05) is 13.0 Å². The fourth-order valence-corrected chi connectivity index (χ4v) is 8.19. The summed E-state index contributed by atoms with van der Waals surface area (Å²) >= 11 is 0. The number of ether oxygens (including phenoxy) is 2. The summed E-state index contributed by atoms with van der Waals surface area (Å²) < 4.78 is 34.8. The first-order valence-corrected chi connectivity index (χ1v) is 27.5. The number of hydrogen-bond acceptors (Lipinski definition) is 7. The van der Waals surface area contributed by atoms with Crippen molar-refractivity contribution in [2.45, 2.75) is 251 Å². The molecule has 0 saturated heterocycles. The first kappa shape index (κ1) is 60.0. The van der Waals surface area contributed by atoms with E-state index in [9.17, 15) is 14.3 Å². The average molecular weight is 884 g/mol. The predicted octanol–water partition coefficient (Wildman–Crippen LogP) is 15.3. The van der Waals surface area contributed by atoms with Gasteiger partial charge in [-0.25, -0.2) is 0 Å². The Morgan fingerprint density at radius 1 is 0.508 bits per heavy atom. The minimum atomic E-state index is -4.53. The van der Waals surface area contributed by atoms with Gasteiger partial charge in [-0.2, -0.15) is 0 Å². The Morgan fingerprint density at radius 2 is 0.902 bits per heavy atom. The Labute approximate surface area is 379 Å². The Balaban J connectivity index is 4.12. The molecule has 0 aliphatic heterocycles. The van der Waals surface area contributed by atoms with Crippen LogP contribution in [0.15, 0.2) is 24.3 Å². The number of likely N-dealkylation sites (N-methyl/N-ethyl adjacent to an activating group) is 1. The van der Waals surface area contributed by atoms with Crippen molar-refractivity contribution in [2.75, 3.05) is 54.1 Å². The van der Waals surface area contributed by atoms with Crippen LogP contribution < -0.4 is 4.89 Å². The van der Waals surface area contributed by atoms with Crippen molar-refractivity contribution in [3.8, 4) is 0 Å². The van der Waals surface area contributed by atoms with Crippen LogP contribution in [-0.2, 0) is 27.9 Å². The molecule has 0 aromatic carbocycles. The van der Waals surface area contributed by atoms with Crippen LogP contribution in [0, 0.1) is 0 Å². The molecule has 2 atom stereocenters. The summed E-state index contributed by atoms with van der Waals surface area (Å²) in [6, 6.07) is 0. The second-order valence-corrected chi connectivity index (χ2v) is 20.3. The van der Waals surface area contributed by atoms with Crippen LogP contribution in [0.5, 0.6) is 0 Å². The Bertz CT molecular complexity index is 1030. The summed E-state index contributed by atoms with van der Waals surface area (Å²) in [6.07, 6.45) is 53.4. The largest absolute Gasteiger partial charge is 0.756 e. The van der Waals surface area contributed by atoms with Crippen LogP contribution in [0.3, 0.4) is 0 Å². The molecule has 2 unspecified atom stereocenters.